The molecule has 1 fully saturated rings. The highest BCUT2D eigenvalue weighted by atomic mass is 16.6. The summed E-state index contributed by atoms with van der Waals surface area (Å²) in [5, 5.41) is 10.8. The molecule has 0 aliphatic heterocycles. The number of hydrogen-bond donors (Lipinski definition) is 4. The molecule has 30 heavy (non-hydrogen) atoms. The molecule has 4 N–H and O–H groups in total. The standard InChI is InChI=1S/C21H19N3O6/c25-17(18(26)27)22-21(9-10-21)19(28)23-24-20(29)30-11-16-14-7-3-1-5-12(14)13-6-2-4-8-15(13)16/h1-8,16H,9-11H2,(H,22,25)(H,23,28)(H,24,29)(H,26,27). The number of carbonyl (C=O) groups excluding carboxylic acids is 3. The Morgan fingerprint density at radius 2 is 1.50 bits per heavy atom. The third-order valence-electron chi connectivity index (χ3n) is 5.35. The normalized spacial score (nSPS) is 15.3. The number of carboxylic acid groups (broad SMARTS) is 1. The largest absolute Gasteiger partial charge is 0.474 e. The Balaban J connectivity index is 1.33. The van der Waals surface area contributed by atoms with Crippen LogP contribution in [0.15, 0.2) is 48.5 Å². The van der Waals surface area contributed by atoms with Crippen LogP contribution in [0.25, 0.3) is 11.1 Å². The maximum Gasteiger partial charge on any atom is 0.426 e. The first-order valence-corrected chi connectivity index (χ1v) is 9.38. The molecule has 1 saturated carbocycles. The summed E-state index contributed by atoms with van der Waals surface area (Å²) in [6.07, 6.45) is -0.292. The number of benzene rings is 2. The van der Waals surface area contributed by atoms with E-state index in [0.29, 0.717) is 0 Å². The molecule has 0 heterocycles. The molecule has 0 bridgehead atoms. The number of carbonyl (C=O) groups is 4. The van der Waals surface area contributed by atoms with Crippen LogP contribution in [-0.2, 0) is 19.1 Å². The molecule has 9 nitrogen and oxygen atoms in total. The number of aliphatic carboxylic acids is 1. The van der Waals surface area contributed by atoms with E-state index in [1.807, 2.05) is 48.5 Å². The smallest absolute Gasteiger partial charge is 0.426 e. The highest BCUT2D eigenvalue weighted by Gasteiger charge is 2.52. The van der Waals surface area contributed by atoms with Crippen molar-refractivity contribution in [1.29, 1.82) is 0 Å². The Kier molecular flexibility index (Phi) is 4.86. The van der Waals surface area contributed by atoms with Crippen LogP contribution in [0, 0.1) is 0 Å². The molecular formula is C21H19N3O6. The van der Waals surface area contributed by atoms with E-state index in [0.717, 1.165) is 22.3 Å². The Hall–Kier alpha value is -3.88. The molecule has 3 amide bonds. The van der Waals surface area contributed by atoms with Crippen molar-refractivity contribution in [2.75, 3.05) is 6.61 Å². The maximum absolute atomic E-state index is 12.2. The van der Waals surface area contributed by atoms with E-state index in [1.165, 1.54) is 0 Å². The summed E-state index contributed by atoms with van der Waals surface area (Å²) in [5.41, 5.74) is 7.32. The minimum atomic E-state index is -1.68. The number of ether oxygens (including phenoxy) is 1. The summed E-state index contributed by atoms with van der Waals surface area (Å²) >= 11 is 0. The number of hydrazine groups is 1. The third kappa shape index (κ3) is 3.57. The van der Waals surface area contributed by atoms with E-state index in [2.05, 4.69) is 16.2 Å². The van der Waals surface area contributed by atoms with Crippen molar-refractivity contribution >= 4 is 23.9 Å². The third-order valence-corrected chi connectivity index (χ3v) is 5.35. The van der Waals surface area contributed by atoms with Crippen LogP contribution in [0.3, 0.4) is 0 Å². The molecule has 2 aromatic rings. The maximum atomic E-state index is 12.2. The molecule has 4 rings (SSSR count). The second-order valence-electron chi connectivity index (χ2n) is 7.25. The lowest BCUT2D eigenvalue weighted by atomic mass is 9.98. The first-order valence-electron chi connectivity index (χ1n) is 9.38. The van der Waals surface area contributed by atoms with Crippen LogP contribution in [0.4, 0.5) is 4.79 Å². The molecule has 0 spiro atoms. The average molecular weight is 409 g/mol. The first-order chi connectivity index (χ1) is 14.4. The van der Waals surface area contributed by atoms with Gasteiger partial charge in [0.15, 0.2) is 0 Å². The summed E-state index contributed by atoms with van der Waals surface area (Å²) in [6.45, 7) is 0.0800. The van der Waals surface area contributed by atoms with Gasteiger partial charge < -0.3 is 15.2 Å². The van der Waals surface area contributed by atoms with Crippen LogP contribution < -0.4 is 16.2 Å². The van der Waals surface area contributed by atoms with Gasteiger partial charge in [0.2, 0.25) is 0 Å². The molecule has 0 saturated heterocycles. The summed E-state index contributed by atoms with van der Waals surface area (Å²) < 4.78 is 5.30. The van der Waals surface area contributed by atoms with Gasteiger partial charge >= 0.3 is 18.0 Å². The van der Waals surface area contributed by atoms with Crippen molar-refractivity contribution in [1.82, 2.24) is 16.2 Å². The number of hydrogen-bond acceptors (Lipinski definition) is 5. The van der Waals surface area contributed by atoms with E-state index >= 15 is 0 Å². The van der Waals surface area contributed by atoms with Gasteiger partial charge in [-0.25, -0.2) is 15.0 Å². The number of amides is 3. The van der Waals surface area contributed by atoms with Gasteiger partial charge in [-0.3, -0.25) is 15.0 Å². The summed E-state index contributed by atoms with van der Waals surface area (Å²) in [4.78, 5) is 46.2. The molecule has 0 atom stereocenters. The van der Waals surface area contributed by atoms with Crippen molar-refractivity contribution in [3.8, 4) is 11.1 Å². The fraction of sp³-hybridized carbons (Fsp3) is 0.238. The zero-order valence-corrected chi connectivity index (χ0v) is 15.8. The van der Waals surface area contributed by atoms with E-state index in [1.54, 1.807) is 0 Å². The number of carboxylic acids is 1. The van der Waals surface area contributed by atoms with E-state index < -0.39 is 29.4 Å². The van der Waals surface area contributed by atoms with Gasteiger partial charge in [0.05, 0.1) is 0 Å². The van der Waals surface area contributed by atoms with Crippen LogP contribution in [0.1, 0.15) is 29.9 Å². The van der Waals surface area contributed by atoms with Gasteiger partial charge in [0.1, 0.15) is 12.1 Å². The van der Waals surface area contributed by atoms with Crippen molar-refractivity contribution in [3.05, 3.63) is 59.7 Å². The van der Waals surface area contributed by atoms with E-state index in [4.69, 9.17) is 9.84 Å². The minimum absolute atomic E-state index is 0.0800. The molecule has 2 aromatic carbocycles. The number of nitrogens with one attached hydrogen (secondary N) is 3. The average Bonchev–Trinajstić information content (AvgIpc) is 3.46. The zero-order chi connectivity index (χ0) is 21.3. The topological polar surface area (TPSA) is 134 Å². The second kappa shape index (κ2) is 7.51. The molecule has 2 aliphatic carbocycles. The zero-order valence-electron chi connectivity index (χ0n) is 15.8. The number of fused-ring (bicyclic) bond motifs is 3. The minimum Gasteiger partial charge on any atom is -0.474 e. The fourth-order valence-electron chi connectivity index (χ4n) is 3.67. The Morgan fingerprint density at radius 1 is 0.933 bits per heavy atom. The first kappa shape index (κ1) is 19.4. The van der Waals surface area contributed by atoms with Gasteiger partial charge in [-0.15, -0.1) is 0 Å². The van der Waals surface area contributed by atoms with Crippen LogP contribution in [0.2, 0.25) is 0 Å². The van der Waals surface area contributed by atoms with Gasteiger partial charge in [0.25, 0.3) is 5.91 Å². The van der Waals surface area contributed by atoms with E-state index in [9.17, 15) is 19.2 Å². The summed E-state index contributed by atoms with van der Waals surface area (Å²) in [5.74, 6) is -3.78. The van der Waals surface area contributed by atoms with Gasteiger partial charge in [0, 0.05) is 5.92 Å². The van der Waals surface area contributed by atoms with Gasteiger partial charge in [-0.1, -0.05) is 48.5 Å². The lowest BCUT2D eigenvalue weighted by Crippen LogP contribution is -2.55. The van der Waals surface area contributed by atoms with Crippen LogP contribution in [-0.4, -0.2) is 41.1 Å². The van der Waals surface area contributed by atoms with Crippen molar-refractivity contribution in [2.45, 2.75) is 24.3 Å². The van der Waals surface area contributed by atoms with Gasteiger partial charge in [-0.2, -0.15) is 0 Å². The predicted octanol–water partition coefficient (Wildman–Crippen LogP) is 1.29. The molecule has 0 radical (unpaired) electrons. The summed E-state index contributed by atoms with van der Waals surface area (Å²) in [6, 6.07) is 15.8. The quantitative estimate of drug-likeness (QED) is 0.444. The Labute approximate surface area is 171 Å². The summed E-state index contributed by atoms with van der Waals surface area (Å²) in [7, 11) is 0. The second-order valence-corrected chi connectivity index (χ2v) is 7.25. The van der Waals surface area contributed by atoms with Gasteiger partial charge in [-0.05, 0) is 35.1 Å². The van der Waals surface area contributed by atoms with Crippen LogP contribution in [0.5, 0.6) is 0 Å². The molecule has 2 aliphatic rings. The Bertz CT molecular complexity index is 1000. The molecule has 0 unspecified atom stereocenters. The monoisotopic (exact) mass is 409 g/mol. The lowest BCUT2D eigenvalue weighted by Gasteiger charge is -2.17. The predicted molar refractivity (Wildman–Crippen MR) is 104 cm³/mol. The molecule has 0 aromatic heterocycles. The Morgan fingerprint density at radius 3 is 2.03 bits per heavy atom. The number of rotatable bonds is 4. The van der Waals surface area contributed by atoms with Crippen molar-refractivity contribution < 1.29 is 29.0 Å². The highest BCUT2D eigenvalue weighted by Crippen LogP contribution is 2.44. The fourth-order valence-corrected chi connectivity index (χ4v) is 3.67. The molecule has 9 heteroatoms. The molecular weight excluding hydrogens is 390 g/mol. The lowest BCUT2D eigenvalue weighted by molar-refractivity contribution is -0.151. The molecule has 154 valence electrons. The van der Waals surface area contributed by atoms with Crippen molar-refractivity contribution in [3.63, 3.8) is 0 Å². The van der Waals surface area contributed by atoms with Crippen LogP contribution >= 0.6 is 0 Å². The SMILES string of the molecule is O=C(NNC(=O)C1(NC(=O)C(=O)O)CC1)OCC1c2ccccc2-c2ccccc21. The van der Waals surface area contributed by atoms with E-state index in [-0.39, 0.29) is 25.4 Å². The van der Waals surface area contributed by atoms with Crippen molar-refractivity contribution in [2.24, 2.45) is 0 Å². The highest BCUT2D eigenvalue weighted by molar-refractivity contribution is 6.32.